The van der Waals surface area contributed by atoms with Crippen molar-refractivity contribution in [3.05, 3.63) is 41.5 Å². The predicted molar refractivity (Wildman–Crippen MR) is 128 cm³/mol. The maximum atomic E-state index is 13.4. The highest BCUT2D eigenvalue weighted by molar-refractivity contribution is 7.55. The van der Waals surface area contributed by atoms with Crippen LogP contribution in [0.15, 0.2) is 28.8 Å². The normalized spacial score (nSPS) is 13.0. The smallest absolute Gasteiger partial charge is 0.345 e. The van der Waals surface area contributed by atoms with Crippen LogP contribution in [0.1, 0.15) is 71.7 Å². The number of hydrogen-bond donors (Lipinski definition) is 0. The molecule has 1 unspecified atom stereocenters. The van der Waals surface area contributed by atoms with Crippen LogP contribution in [-0.4, -0.2) is 47.2 Å². The number of nitrogens with zero attached hydrogens (tertiary/aromatic N) is 2. The van der Waals surface area contributed by atoms with Crippen molar-refractivity contribution in [1.82, 2.24) is 10.1 Å². The molecule has 10 heteroatoms. The second kappa shape index (κ2) is 13.0. The van der Waals surface area contributed by atoms with Crippen LogP contribution in [0.2, 0.25) is 0 Å². The summed E-state index contributed by atoms with van der Waals surface area (Å²) >= 11 is 0. The number of unbranched alkanes of at least 4 members (excludes halogenated alkanes) is 1. The van der Waals surface area contributed by atoms with E-state index in [2.05, 4.69) is 17.1 Å². The summed E-state index contributed by atoms with van der Waals surface area (Å²) in [5.74, 6) is 0.718. The first-order valence-electron chi connectivity index (χ1n) is 11.7. The Bertz CT molecular complexity index is 928. The first kappa shape index (κ1) is 28.0. The van der Waals surface area contributed by atoms with E-state index in [0.29, 0.717) is 18.9 Å². The summed E-state index contributed by atoms with van der Waals surface area (Å²) in [5.41, 5.74) is -1.02. The quantitative estimate of drug-likeness (QED) is 0.194. The molecule has 0 aliphatic rings. The highest BCUT2D eigenvalue weighted by atomic mass is 31.2. The van der Waals surface area contributed by atoms with Crippen molar-refractivity contribution in [2.75, 3.05) is 19.8 Å². The van der Waals surface area contributed by atoms with Crippen LogP contribution in [0, 0.1) is 0 Å². The molecule has 1 aromatic carbocycles. The molecule has 0 saturated carbocycles. The molecule has 0 fully saturated rings. The van der Waals surface area contributed by atoms with Gasteiger partial charge in [0.25, 0.3) is 0 Å². The van der Waals surface area contributed by atoms with Gasteiger partial charge in [-0.3, -0.25) is 9.36 Å². The molecule has 0 amide bonds. The van der Waals surface area contributed by atoms with E-state index in [4.69, 9.17) is 23.0 Å². The third-order valence-corrected chi connectivity index (χ3v) is 7.00. The van der Waals surface area contributed by atoms with Crippen LogP contribution in [0.25, 0.3) is 0 Å². The molecule has 190 valence electrons. The van der Waals surface area contributed by atoms with Gasteiger partial charge in [-0.25, -0.2) is 0 Å². The lowest BCUT2D eigenvalue weighted by molar-refractivity contribution is -0.154. The highest BCUT2D eigenvalue weighted by Crippen LogP contribution is 2.54. The van der Waals surface area contributed by atoms with E-state index in [0.717, 1.165) is 24.2 Å². The number of ether oxygens (including phenoxy) is 2. The highest BCUT2D eigenvalue weighted by Gasteiger charge is 2.44. The Morgan fingerprint density at radius 3 is 2.29 bits per heavy atom. The van der Waals surface area contributed by atoms with Crippen LogP contribution < -0.4 is 4.74 Å². The van der Waals surface area contributed by atoms with Crippen LogP contribution >= 0.6 is 7.60 Å². The van der Waals surface area contributed by atoms with Crippen molar-refractivity contribution in [3.63, 3.8) is 0 Å². The van der Waals surface area contributed by atoms with E-state index < -0.39 is 24.8 Å². The number of hydrogen-bond acceptors (Lipinski definition) is 9. The molecule has 0 spiro atoms. The Morgan fingerprint density at radius 2 is 1.74 bits per heavy atom. The Balaban J connectivity index is 2.15. The first-order chi connectivity index (χ1) is 16.1. The summed E-state index contributed by atoms with van der Waals surface area (Å²) < 4.78 is 40.8. The molecule has 1 atom stereocenters. The van der Waals surface area contributed by atoms with E-state index in [-0.39, 0.29) is 25.5 Å². The minimum absolute atomic E-state index is 0.115. The van der Waals surface area contributed by atoms with Gasteiger partial charge in [0, 0.05) is 6.42 Å². The van der Waals surface area contributed by atoms with E-state index in [1.807, 2.05) is 24.3 Å². The summed E-state index contributed by atoms with van der Waals surface area (Å²) in [4.78, 5) is 17.3. The van der Waals surface area contributed by atoms with Gasteiger partial charge in [-0.1, -0.05) is 30.6 Å². The van der Waals surface area contributed by atoms with Gasteiger partial charge < -0.3 is 23.0 Å². The molecule has 0 aliphatic carbocycles. The molecular weight excluding hydrogens is 459 g/mol. The number of esters is 1. The number of carbonyl (C=O) groups is 1. The summed E-state index contributed by atoms with van der Waals surface area (Å²) in [7, 11) is -3.83. The zero-order chi connectivity index (χ0) is 25.2. The zero-order valence-electron chi connectivity index (χ0n) is 21.0. The van der Waals surface area contributed by atoms with E-state index in [1.165, 1.54) is 0 Å². The third-order valence-electron chi connectivity index (χ3n) is 4.61. The fourth-order valence-electron chi connectivity index (χ4n) is 3.10. The van der Waals surface area contributed by atoms with Gasteiger partial charge in [-0.15, -0.1) is 0 Å². The van der Waals surface area contributed by atoms with Crippen LogP contribution in [0.5, 0.6) is 5.75 Å². The molecule has 0 aliphatic heterocycles. The van der Waals surface area contributed by atoms with Gasteiger partial charge in [-0.05, 0) is 58.7 Å². The number of carbonyl (C=O) groups excluding carboxylic acids is 1. The molecule has 34 heavy (non-hydrogen) atoms. The Labute approximate surface area is 202 Å². The maximum absolute atomic E-state index is 13.4. The van der Waals surface area contributed by atoms with E-state index in [9.17, 15) is 9.36 Å². The number of benzene rings is 1. The van der Waals surface area contributed by atoms with Crippen molar-refractivity contribution in [1.29, 1.82) is 0 Å². The lowest BCUT2D eigenvalue weighted by Gasteiger charge is -2.27. The lowest BCUT2D eigenvalue weighted by Crippen LogP contribution is -2.34. The van der Waals surface area contributed by atoms with Gasteiger partial charge in [-0.2, -0.15) is 4.98 Å². The molecule has 0 bridgehead atoms. The molecule has 0 radical (unpaired) electrons. The summed E-state index contributed by atoms with van der Waals surface area (Å²) in [5, 5.41) is 4.01. The molecule has 1 aromatic heterocycles. The first-order valence-corrected chi connectivity index (χ1v) is 13.4. The second-order valence-electron chi connectivity index (χ2n) is 8.76. The fraction of sp³-hybridized carbons (Fsp3) is 0.625. The van der Waals surface area contributed by atoms with Crippen molar-refractivity contribution in [2.45, 2.75) is 78.5 Å². The standard InChI is InChI=1S/C24H37N2O7P/c1-7-10-15-29-19-13-11-18(12-14-19)16-21-25-22(33-26-21)17-20(23(27)32-24(4,5)6)34(28,30-8-2)31-9-3/h11-14,20H,7-10,15-17H2,1-6H3. The Hall–Kier alpha value is -2.22. The molecule has 2 aromatic rings. The van der Waals surface area contributed by atoms with E-state index >= 15 is 0 Å². The van der Waals surface area contributed by atoms with Crippen LogP contribution in [0.3, 0.4) is 0 Å². The lowest BCUT2D eigenvalue weighted by atomic mass is 10.1. The maximum Gasteiger partial charge on any atom is 0.345 e. The van der Waals surface area contributed by atoms with E-state index in [1.54, 1.807) is 34.6 Å². The van der Waals surface area contributed by atoms with Crippen molar-refractivity contribution in [3.8, 4) is 5.75 Å². The predicted octanol–water partition coefficient (Wildman–Crippen LogP) is 5.36. The molecule has 1 heterocycles. The van der Waals surface area contributed by atoms with Crippen molar-refractivity contribution < 1.29 is 32.4 Å². The van der Waals surface area contributed by atoms with Crippen molar-refractivity contribution in [2.24, 2.45) is 0 Å². The van der Waals surface area contributed by atoms with Gasteiger partial charge in [0.05, 0.1) is 26.2 Å². The molecule has 0 saturated heterocycles. The molecular formula is C24H37N2O7P. The summed E-state index contributed by atoms with van der Waals surface area (Å²) in [6.07, 6.45) is 2.41. The van der Waals surface area contributed by atoms with Gasteiger partial charge in [0.2, 0.25) is 5.89 Å². The van der Waals surface area contributed by atoms with Gasteiger partial charge >= 0.3 is 13.6 Å². The Morgan fingerprint density at radius 1 is 1.09 bits per heavy atom. The zero-order valence-corrected chi connectivity index (χ0v) is 21.9. The average Bonchev–Trinajstić information content (AvgIpc) is 3.19. The number of aromatic nitrogens is 2. The largest absolute Gasteiger partial charge is 0.494 e. The van der Waals surface area contributed by atoms with Gasteiger partial charge in [0.15, 0.2) is 11.5 Å². The second-order valence-corrected chi connectivity index (χ2v) is 11.0. The fourth-order valence-corrected chi connectivity index (χ4v) is 4.95. The molecule has 2 rings (SSSR count). The van der Waals surface area contributed by atoms with Crippen molar-refractivity contribution >= 4 is 13.6 Å². The summed E-state index contributed by atoms with van der Waals surface area (Å²) in [6, 6.07) is 7.70. The summed E-state index contributed by atoms with van der Waals surface area (Å²) in [6.45, 7) is 11.6. The minimum atomic E-state index is -3.83. The van der Waals surface area contributed by atoms with Gasteiger partial charge in [0.1, 0.15) is 11.4 Å². The topological polar surface area (TPSA) is 110 Å². The van der Waals surface area contributed by atoms with Crippen LogP contribution in [0.4, 0.5) is 0 Å². The monoisotopic (exact) mass is 496 g/mol. The number of rotatable bonds is 14. The molecule has 0 N–H and O–H groups in total. The SMILES string of the molecule is CCCCOc1ccc(Cc2noc(CC(C(=O)OC(C)(C)C)P(=O)(OCC)OCC)n2)cc1. The third kappa shape index (κ3) is 8.85. The molecule has 9 nitrogen and oxygen atoms in total. The minimum Gasteiger partial charge on any atom is -0.494 e. The Kier molecular flexibility index (Phi) is 10.7. The van der Waals surface area contributed by atoms with Crippen LogP contribution in [-0.2, 0) is 36.0 Å². The average molecular weight is 497 g/mol.